The first kappa shape index (κ1) is 14.9. The molecule has 4 nitrogen and oxygen atoms in total. The summed E-state index contributed by atoms with van der Waals surface area (Å²) in [6.07, 6.45) is 4.81. The van der Waals surface area contributed by atoms with E-state index in [1.807, 2.05) is 42.5 Å². The van der Waals surface area contributed by atoms with Gasteiger partial charge in [-0.1, -0.05) is 49.2 Å². The molecule has 116 valence electrons. The van der Waals surface area contributed by atoms with Crippen molar-refractivity contribution in [2.45, 2.75) is 31.7 Å². The van der Waals surface area contributed by atoms with Crippen molar-refractivity contribution < 1.29 is 4.79 Å². The van der Waals surface area contributed by atoms with Crippen molar-refractivity contribution in [1.82, 2.24) is 5.32 Å². The minimum atomic E-state index is -0.168. The number of fused-ring (bicyclic) bond motifs is 1. The smallest absolute Gasteiger partial charge is 0.319 e. The lowest BCUT2D eigenvalue weighted by molar-refractivity contribution is 0.243. The van der Waals surface area contributed by atoms with E-state index in [1.54, 1.807) is 0 Å². The molecule has 1 fully saturated rings. The maximum Gasteiger partial charge on any atom is 0.319 e. The zero-order valence-corrected chi connectivity index (χ0v) is 12.7. The molecule has 4 N–H and O–H groups in total. The molecule has 1 saturated carbocycles. The summed E-state index contributed by atoms with van der Waals surface area (Å²) in [5.74, 6) is 0.517. The van der Waals surface area contributed by atoms with Crippen LogP contribution >= 0.6 is 0 Å². The second-order valence-electron chi connectivity index (χ2n) is 6.01. The largest absolute Gasteiger partial charge is 0.334 e. The van der Waals surface area contributed by atoms with E-state index >= 15 is 0 Å². The van der Waals surface area contributed by atoms with Gasteiger partial charge in [-0.15, -0.1) is 0 Å². The van der Waals surface area contributed by atoms with Crippen LogP contribution in [0.15, 0.2) is 42.5 Å². The number of anilines is 1. The number of amides is 2. The van der Waals surface area contributed by atoms with Gasteiger partial charge in [0.05, 0.1) is 5.69 Å². The fourth-order valence-corrected chi connectivity index (χ4v) is 3.39. The van der Waals surface area contributed by atoms with E-state index in [1.165, 1.54) is 12.8 Å². The normalized spacial score (nSPS) is 16.6. The Bertz CT molecular complexity index is 644. The van der Waals surface area contributed by atoms with Crippen LogP contribution in [0.1, 0.15) is 25.7 Å². The van der Waals surface area contributed by atoms with E-state index in [4.69, 9.17) is 5.73 Å². The highest BCUT2D eigenvalue weighted by molar-refractivity contribution is 6.01. The minimum absolute atomic E-state index is 0.0671. The fraction of sp³-hybridized carbons (Fsp3) is 0.389. The van der Waals surface area contributed by atoms with E-state index in [2.05, 4.69) is 10.6 Å². The van der Waals surface area contributed by atoms with Crippen LogP contribution in [-0.4, -0.2) is 18.6 Å². The number of benzene rings is 2. The molecule has 0 radical (unpaired) electrons. The lowest BCUT2D eigenvalue weighted by Gasteiger charge is -2.23. The Morgan fingerprint density at radius 1 is 1.14 bits per heavy atom. The summed E-state index contributed by atoms with van der Waals surface area (Å²) < 4.78 is 0. The molecule has 1 aliphatic rings. The van der Waals surface area contributed by atoms with Crippen molar-refractivity contribution in [1.29, 1.82) is 0 Å². The van der Waals surface area contributed by atoms with Crippen molar-refractivity contribution in [3.8, 4) is 0 Å². The third kappa shape index (κ3) is 3.22. The average Bonchev–Trinajstić information content (AvgIpc) is 3.07. The zero-order valence-electron chi connectivity index (χ0n) is 12.7. The van der Waals surface area contributed by atoms with Gasteiger partial charge in [-0.05, 0) is 30.2 Å². The summed E-state index contributed by atoms with van der Waals surface area (Å²) in [6.45, 7) is 0.494. The van der Waals surface area contributed by atoms with Crippen molar-refractivity contribution in [2.24, 2.45) is 11.7 Å². The zero-order chi connectivity index (χ0) is 15.4. The number of carbonyl (C=O) groups excluding carboxylic acids is 1. The SMILES string of the molecule is NCC(NC(=O)Nc1cccc2ccccc12)C1CCCC1. The molecule has 22 heavy (non-hydrogen) atoms. The average molecular weight is 297 g/mol. The lowest BCUT2D eigenvalue weighted by atomic mass is 9.98. The van der Waals surface area contributed by atoms with Gasteiger partial charge in [0.2, 0.25) is 0 Å². The Morgan fingerprint density at radius 3 is 2.64 bits per heavy atom. The van der Waals surface area contributed by atoms with Gasteiger partial charge in [0.15, 0.2) is 0 Å². The van der Waals surface area contributed by atoms with Gasteiger partial charge >= 0.3 is 6.03 Å². The maximum atomic E-state index is 12.3. The number of nitrogens with one attached hydrogen (secondary N) is 2. The van der Waals surface area contributed by atoms with Crippen molar-refractivity contribution >= 4 is 22.5 Å². The molecule has 0 aliphatic heterocycles. The van der Waals surface area contributed by atoms with E-state index in [9.17, 15) is 4.79 Å². The maximum absolute atomic E-state index is 12.3. The Morgan fingerprint density at radius 2 is 1.86 bits per heavy atom. The molecule has 1 atom stereocenters. The standard InChI is InChI=1S/C18H23N3O/c19-12-17(14-7-1-2-8-14)21-18(22)20-16-11-5-9-13-6-3-4-10-15(13)16/h3-6,9-11,14,17H,1-2,7-8,12,19H2,(H2,20,21,22). The van der Waals surface area contributed by atoms with Gasteiger partial charge < -0.3 is 16.4 Å². The number of hydrogen-bond donors (Lipinski definition) is 3. The fourth-order valence-electron chi connectivity index (χ4n) is 3.39. The predicted molar refractivity (Wildman–Crippen MR) is 90.9 cm³/mol. The third-order valence-electron chi connectivity index (χ3n) is 4.58. The predicted octanol–water partition coefficient (Wildman–Crippen LogP) is 3.48. The second kappa shape index (κ2) is 6.79. The van der Waals surface area contributed by atoms with E-state index in [0.29, 0.717) is 12.5 Å². The molecule has 2 aromatic carbocycles. The molecule has 2 amide bonds. The van der Waals surface area contributed by atoms with E-state index < -0.39 is 0 Å². The quantitative estimate of drug-likeness (QED) is 0.809. The lowest BCUT2D eigenvalue weighted by Crippen LogP contribution is -2.46. The highest BCUT2D eigenvalue weighted by atomic mass is 16.2. The first-order chi connectivity index (χ1) is 10.8. The van der Waals surface area contributed by atoms with Crippen LogP contribution in [0.25, 0.3) is 10.8 Å². The van der Waals surface area contributed by atoms with Gasteiger partial charge in [-0.25, -0.2) is 4.79 Å². The number of carbonyl (C=O) groups is 1. The van der Waals surface area contributed by atoms with Gasteiger partial charge in [-0.3, -0.25) is 0 Å². The highest BCUT2D eigenvalue weighted by Crippen LogP contribution is 2.27. The van der Waals surface area contributed by atoms with Crippen LogP contribution in [0.5, 0.6) is 0 Å². The highest BCUT2D eigenvalue weighted by Gasteiger charge is 2.25. The van der Waals surface area contributed by atoms with Crippen molar-refractivity contribution in [3.05, 3.63) is 42.5 Å². The Kier molecular flexibility index (Phi) is 4.59. The molecule has 2 aromatic rings. The summed E-state index contributed by atoms with van der Waals surface area (Å²) in [7, 11) is 0. The van der Waals surface area contributed by atoms with Gasteiger partial charge in [0, 0.05) is 18.0 Å². The van der Waals surface area contributed by atoms with Crippen molar-refractivity contribution in [3.63, 3.8) is 0 Å². The number of rotatable bonds is 4. The van der Waals surface area contributed by atoms with Gasteiger partial charge in [-0.2, -0.15) is 0 Å². The van der Waals surface area contributed by atoms with E-state index in [0.717, 1.165) is 29.3 Å². The van der Waals surface area contributed by atoms with Crippen LogP contribution in [0.2, 0.25) is 0 Å². The van der Waals surface area contributed by atoms with Crippen LogP contribution < -0.4 is 16.4 Å². The molecule has 0 spiro atoms. The van der Waals surface area contributed by atoms with Gasteiger partial charge in [0.1, 0.15) is 0 Å². The first-order valence-electron chi connectivity index (χ1n) is 8.03. The Labute approximate surface area is 131 Å². The number of nitrogens with two attached hydrogens (primary N) is 1. The molecular weight excluding hydrogens is 274 g/mol. The number of urea groups is 1. The summed E-state index contributed by atoms with van der Waals surface area (Å²) >= 11 is 0. The molecule has 0 bridgehead atoms. The summed E-state index contributed by atoms with van der Waals surface area (Å²) in [6, 6.07) is 13.9. The summed E-state index contributed by atoms with van der Waals surface area (Å²) in [5.41, 5.74) is 6.67. The molecule has 1 unspecified atom stereocenters. The van der Waals surface area contributed by atoms with Crippen LogP contribution in [-0.2, 0) is 0 Å². The van der Waals surface area contributed by atoms with Crippen LogP contribution in [0.4, 0.5) is 10.5 Å². The number of hydrogen-bond acceptors (Lipinski definition) is 2. The minimum Gasteiger partial charge on any atom is -0.334 e. The topological polar surface area (TPSA) is 67.1 Å². The Hall–Kier alpha value is -2.07. The molecule has 0 aromatic heterocycles. The van der Waals surface area contributed by atoms with Crippen LogP contribution in [0, 0.1) is 5.92 Å². The first-order valence-corrected chi connectivity index (χ1v) is 8.03. The molecule has 4 heteroatoms. The molecule has 3 rings (SSSR count). The summed E-state index contributed by atoms with van der Waals surface area (Å²) in [4.78, 5) is 12.3. The van der Waals surface area contributed by atoms with Crippen LogP contribution in [0.3, 0.4) is 0 Å². The monoisotopic (exact) mass is 297 g/mol. The van der Waals surface area contributed by atoms with Gasteiger partial charge in [0.25, 0.3) is 0 Å². The van der Waals surface area contributed by atoms with E-state index in [-0.39, 0.29) is 12.1 Å². The van der Waals surface area contributed by atoms with Crippen molar-refractivity contribution in [2.75, 3.05) is 11.9 Å². The third-order valence-corrected chi connectivity index (χ3v) is 4.58. The molecule has 0 saturated heterocycles. The Balaban J connectivity index is 1.70. The molecule has 0 heterocycles. The molecular formula is C18H23N3O. The second-order valence-corrected chi connectivity index (χ2v) is 6.01. The molecule has 1 aliphatic carbocycles. The summed E-state index contributed by atoms with van der Waals surface area (Å²) in [5, 5.41) is 8.18.